The van der Waals surface area contributed by atoms with Crippen LogP contribution in [-0.2, 0) is 19.3 Å². The summed E-state index contributed by atoms with van der Waals surface area (Å²) in [6.45, 7) is 1.88. The summed E-state index contributed by atoms with van der Waals surface area (Å²) in [6.07, 6.45) is 2.46. The van der Waals surface area contributed by atoms with Crippen LogP contribution in [0.1, 0.15) is 27.0 Å². The first-order valence-electron chi connectivity index (χ1n) is 9.67. The second-order valence-corrected chi connectivity index (χ2v) is 6.94. The number of hydrogen-bond acceptors (Lipinski definition) is 6. The molecule has 0 aromatic heterocycles. The van der Waals surface area contributed by atoms with E-state index in [1.165, 1.54) is 32.5 Å². The first-order valence-corrected chi connectivity index (χ1v) is 9.67. The Labute approximate surface area is 169 Å². The normalized spacial score (nSPS) is 13.8. The van der Waals surface area contributed by atoms with Crippen molar-refractivity contribution in [3.05, 3.63) is 40.5 Å². The summed E-state index contributed by atoms with van der Waals surface area (Å²) >= 11 is 0. The molecule has 0 fully saturated rings. The molecule has 0 radical (unpaired) electrons. The van der Waals surface area contributed by atoms with Crippen LogP contribution in [0.5, 0.6) is 28.7 Å². The highest BCUT2D eigenvalue weighted by Gasteiger charge is 2.26. The number of methoxy groups -OCH3 is 3. The third-order valence-corrected chi connectivity index (χ3v) is 5.35. The Bertz CT molecular complexity index is 882. The summed E-state index contributed by atoms with van der Waals surface area (Å²) in [7, 11) is 4.58. The molecule has 4 rings (SSSR count). The number of amides is 1. The fourth-order valence-corrected chi connectivity index (χ4v) is 3.96. The van der Waals surface area contributed by atoms with Crippen LogP contribution in [0.2, 0.25) is 0 Å². The number of hydrogen-bond donors (Lipinski definition) is 1. The fraction of sp³-hybridized carbons (Fsp3) is 0.409. The van der Waals surface area contributed by atoms with Gasteiger partial charge in [0.05, 0.1) is 34.5 Å². The van der Waals surface area contributed by atoms with Gasteiger partial charge in [0.1, 0.15) is 11.5 Å². The van der Waals surface area contributed by atoms with Gasteiger partial charge >= 0.3 is 0 Å². The lowest BCUT2D eigenvalue weighted by molar-refractivity contribution is 0.0953. The molecule has 2 aromatic carbocycles. The molecule has 1 amide bonds. The zero-order valence-corrected chi connectivity index (χ0v) is 16.9. The van der Waals surface area contributed by atoms with Crippen molar-refractivity contribution in [3.8, 4) is 28.7 Å². The largest absolute Gasteiger partial charge is 0.493 e. The van der Waals surface area contributed by atoms with E-state index < -0.39 is 0 Å². The van der Waals surface area contributed by atoms with E-state index in [2.05, 4.69) is 11.4 Å². The fourth-order valence-electron chi connectivity index (χ4n) is 3.96. The molecule has 2 aromatic rings. The summed E-state index contributed by atoms with van der Waals surface area (Å²) in [5.74, 6) is 3.07. The molecule has 0 atom stereocenters. The van der Waals surface area contributed by atoms with Gasteiger partial charge in [-0.2, -0.15) is 0 Å². The summed E-state index contributed by atoms with van der Waals surface area (Å²) in [5.41, 5.74) is 3.99. The highest BCUT2D eigenvalue weighted by Crippen LogP contribution is 2.41. The number of benzene rings is 2. The van der Waals surface area contributed by atoms with Gasteiger partial charge in [0.25, 0.3) is 5.91 Å². The van der Waals surface area contributed by atoms with E-state index in [0.29, 0.717) is 49.0 Å². The standard InChI is InChI=1S/C22H25NO6/c1-25-18-11-14(12-19(26-2)21(18)27-3)22(24)23-7-4-16-15-6-9-28-17(15)10-13-5-8-29-20(13)16/h10-12H,4-9H2,1-3H3,(H,23,24). The van der Waals surface area contributed by atoms with Crippen LogP contribution in [0, 0.1) is 0 Å². The van der Waals surface area contributed by atoms with Gasteiger partial charge in [-0.3, -0.25) is 4.79 Å². The molecule has 0 aliphatic carbocycles. The molecule has 7 nitrogen and oxygen atoms in total. The van der Waals surface area contributed by atoms with Gasteiger partial charge in [-0.1, -0.05) is 0 Å². The van der Waals surface area contributed by atoms with E-state index >= 15 is 0 Å². The van der Waals surface area contributed by atoms with Crippen molar-refractivity contribution in [3.63, 3.8) is 0 Å². The van der Waals surface area contributed by atoms with E-state index in [9.17, 15) is 4.79 Å². The molecular formula is C22H25NO6. The van der Waals surface area contributed by atoms with E-state index in [0.717, 1.165) is 29.9 Å². The SMILES string of the molecule is COc1cc(C(=O)NCCc2c3c(cc4c2OCC4)OCC3)cc(OC)c1OC. The number of ether oxygens (including phenoxy) is 5. The topological polar surface area (TPSA) is 75.3 Å². The molecule has 0 bridgehead atoms. The minimum absolute atomic E-state index is 0.203. The lowest BCUT2D eigenvalue weighted by Gasteiger charge is -2.15. The second-order valence-electron chi connectivity index (χ2n) is 6.94. The van der Waals surface area contributed by atoms with E-state index in [1.807, 2.05) is 0 Å². The molecule has 2 heterocycles. The first kappa shape index (κ1) is 19.2. The average Bonchev–Trinajstić information content (AvgIpc) is 3.41. The average molecular weight is 399 g/mol. The Morgan fingerprint density at radius 2 is 1.72 bits per heavy atom. The number of carbonyl (C=O) groups excluding carboxylic acids is 1. The monoisotopic (exact) mass is 399 g/mol. The molecule has 0 spiro atoms. The molecule has 7 heteroatoms. The van der Waals surface area contributed by atoms with Crippen molar-refractivity contribution in [1.29, 1.82) is 0 Å². The number of fused-ring (bicyclic) bond motifs is 2. The van der Waals surface area contributed by atoms with Gasteiger partial charge in [-0.05, 0) is 24.6 Å². The maximum absolute atomic E-state index is 12.7. The smallest absolute Gasteiger partial charge is 0.251 e. The van der Waals surface area contributed by atoms with Crippen LogP contribution in [0.25, 0.3) is 0 Å². The molecule has 2 aliphatic heterocycles. The highest BCUT2D eigenvalue weighted by molar-refractivity contribution is 5.95. The zero-order valence-electron chi connectivity index (χ0n) is 16.9. The van der Waals surface area contributed by atoms with Crippen molar-refractivity contribution in [1.82, 2.24) is 5.32 Å². The quantitative estimate of drug-likeness (QED) is 0.771. The minimum Gasteiger partial charge on any atom is -0.493 e. The van der Waals surface area contributed by atoms with Gasteiger partial charge in [-0.15, -0.1) is 0 Å². The van der Waals surface area contributed by atoms with Crippen LogP contribution in [0.15, 0.2) is 18.2 Å². The van der Waals surface area contributed by atoms with Crippen LogP contribution in [0.3, 0.4) is 0 Å². The molecule has 0 saturated heterocycles. The van der Waals surface area contributed by atoms with Crippen molar-refractivity contribution in [2.75, 3.05) is 41.1 Å². The minimum atomic E-state index is -0.203. The molecule has 154 valence electrons. The van der Waals surface area contributed by atoms with E-state index in [4.69, 9.17) is 23.7 Å². The Balaban J connectivity index is 1.49. The first-order chi connectivity index (χ1) is 14.2. The Hall–Kier alpha value is -3.09. The van der Waals surface area contributed by atoms with Gasteiger partial charge in [0.2, 0.25) is 5.75 Å². The highest BCUT2D eigenvalue weighted by atomic mass is 16.5. The molecule has 2 aliphatic rings. The Morgan fingerprint density at radius 3 is 2.41 bits per heavy atom. The predicted molar refractivity (Wildman–Crippen MR) is 107 cm³/mol. The lowest BCUT2D eigenvalue weighted by Crippen LogP contribution is -2.26. The van der Waals surface area contributed by atoms with Crippen LogP contribution in [0.4, 0.5) is 0 Å². The Kier molecular flexibility index (Phi) is 5.38. The van der Waals surface area contributed by atoms with Crippen molar-refractivity contribution >= 4 is 5.91 Å². The van der Waals surface area contributed by atoms with Crippen molar-refractivity contribution in [2.24, 2.45) is 0 Å². The number of rotatable bonds is 7. The maximum atomic E-state index is 12.7. The summed E-state index contributed by atoms with van der Waals surface area (Å²) < 4.78 is 27.6. The van der Waals surface area contributed by atoms with Gasteiger partial charge in [0, 0.05) is 41.6 Å². The van der Waals surface area contributed by atoms with Crippen LogP contribution >= 0.6 is 0 Å². The van der Waals surface area contributed by atoms with Crippen molar-refractivity contribution in [2.45, 2.75) is 19.3 Å². The third kappa shape index (κ3) is 3.52. The molecule has 0 unspecified atom stereocenters. The maximum Gasteiger partial charge on any atom is 0.251 e. The molecular weight excluding hydrogens is 374 g/mol. The van der Waals surface area contributed by atoms with E-state index in [1.54, 1.807) is 12.1 Å². The summed E-state index contributed by atoms with van der Waals surface area (Å²) in [6, 6.07) is 5.39. The lowest BCUT2D eigenvalue weighted by atomic mass is 9.97. The van der Waals surface area contributed by atoms with Gasteiger partial charge in [-0.25, -0.2) is 0 Å². The molecule has 29 heavy (non-hydrogen) atoms. The zero-order chi connectivity index (χ0) is 20.4. The number of nitrogens with one attached hydrogen (secondary N) is 1. The summed E-state index contributed by atoms with van der Waals surface area (Å²) in [4.78, 5) is 12.7. The number of carbonyl (C=O) groups is 1. The predicted octanol–water partition coefficient (Wildman–Crippen LogP) is 2.55. The van der Waals surface area contributed by atoms with E-state index in [-0.39, 0.29) is 5.91 Å². The second kappa shape index (κ2) is 8.11. The van der Waals surface area contributed by atoms with Gasteiger partial charge in [0.15, 0.2) is 11.5 Å². The van der Waals surface area contributed by atoms with Crippen LogP contribution < -0.4 is 29.0 Å². The molecule has 1 N–H and O–H groups in total. The summed E-state index contributed by atoms with van der Waals surface area (Å²) in [5, 5.41) is 2.98. The molecule has 0 saturated carbocycles. The van der Waals surface area contributed by atoms with Crippen molar-refractivity contribution < 1.29 is 28.5 Å². The van der Waals surface area contributed by atoms with Gasteiger partial charge < -0.3 is 29.0 Å². The Morgan fingerprint density at radius 1 is 1.00 bits per heavy atom. The third-order valence-electron chi connectivity index (χ3n) is 5.35. The van der Waals surface area contributed by atoms with Crippen LogP contribution in [-0.4, -0.2) is 47.0 Å².